The van der Waals surface area contributed by atoms with Gasteiger partial charge in [0.05, 0.1) is 11.7 Å². The number of benzene rings is 1. The van der Waals surface area contributed by atoms with Crippen molar-refractivity contribution in [2.45, 2.75) is 36.7 Å². The molecular formula is C18H24N2O3S. The molecule has 0 bridgehead atoms. The summed E-state index contributed by atoms with van der Waals surface area (Å²) in [6.45, 7) is 1.77. The van der Waals surface area contributed by atoms with Crippen LogP contribution in [0.5, 0.6) is 0 Å². The van der Waals surface area contributed by atoms with Gasteiger partial charge in [-0.2, -0.15) is 0 Å². The number of carbonyl (C=O) groups is 2. The largest absolute Gasteiger partial charge is 0.377 e. The van der Waals surface area contributed by atoms with Gasteiger partial charge in [0.1, 0.15) is 0 Å². The Labute approximate surface area is 146 Å². The molecule has 1 aliphatic carbocycles. The topological polar surface area (TPSA) is 67.4 Å². The highest BCUT2D eigenvalue weighted by atomic mass is 32.2. The lowest BCUT2D eigenvalue weighted by Gasteiger charge is -2.12. The van der Waals surface area contributed by atoms with Gasteiger partial charge >= 0.3 is 0 Å². The standard InChI is InChI=1S/C18H24N2O3S/c21-17(13-7-8-13)19-9-10-20-18(22)15-5-1-2-6-16(15)24-12-14-4-3-11-23-14/h1-2,5-6,13-14H,3-4,7-12H2,(H,19,21)(H,20,22)/t14-/m1/s1. The molecule has 2 fully saturated rings. The minimum Gasteiger partial charge on any atom is -0.377 e. The number of rotatable bonds is 8. The van der Waals surface area contributed by atoms with Gasteiger partial charge in [-0.25, -0.2) is 0 Å². The molecule has 3 rings (SSSR count). The third-order valence-electron chi connectivity index (χ3n) is 4.24. The second-order valence-corrected chi connectivity index (χ2v) is 7.33. The molecule has 130 valence electrons. The molecule has 0 unspecified atom stereocenters. The highest BCUT2D eigenvalue weighted by Crippen LogP contribution is 2.28. The summed E-state index contributed by atoms with van der Waals surface area (Å²) in [5.74, 6) is 1.10. The molecule has 0 radical (unpaired) electrons. The Kier molecular flexibility index (Phi) is 6.15. The van der Waals surface area contributed by atoms with Crippen LogP contribution in [-0.2, 0) is 9.53 Å². The Hall–Kier alpha value is -1.53. The van der Waals surface area contributed by atoms with E-state index in [9.17, 15) is 9.59 Å². The zero-order valence-electron chi connectivity index (χ0n) is 13.8. The fourth-order valence-electron chi connectivity index (χ4n) is 2.69. The molecule has 0 spiro atoms. The van der Waals surface area contributed by atoms with Gasteiger partial charge in [-0.15, -0.1) is 11.8 Å². The van der Waals surface area contributed by atoms with Gasteiger partial charge < -0.3 is 15.4 Å². The molecule has 1 saturated heterocycles. The van der Waals surface area contributed by atoms with Crippen molar-refractivity contribution in [3.8, 4) is 0 Å². The predicted octanol–water partition coefficient (Wildman–Crippen LogP) is 2.21. The lowest BCUT2D eigenvalue weighted by Crippen LogP contribution is -2.35. The molecule has 5 nitrogen and oxygen atoms in total. The van der Waals surface area contributed by atoms with Crippen molar-refractivity contribution in [2.75, 3.05) is 25.4 Å². The van der Waals surface area contributed by atoms with E-state index in [0.717, 1.165) is 42.9 Å². The first kappa shape index (κ1) is 17.3. The Balaban J connectivity index is 1.45. The Morgan fingerprint density at radius 1 is 1.12 bits per heavy atom. The van der Waals surface area contributed by atoms with Crippen LogP contribution in [0.2, 0.25) is 0 Å². The zero-order chi connectivity index (χ0) is 16.8. The average Bonchev–Trinajstić information content (AvgIpc) is 3.33. The first-order chi connectivity index (χ1) is 11.7. The first-order valence-corrected chi connectivity index (χ1v) is 9.62. The first-order valence-electron chi connectivity index (χ1n) is 8.63. The quantitative estimate of drug-likeness (QED) is 0.558. The van der Waals surface area contributed by atoms with Crippen LogP contribution in [0.4, 0.5) is 0 Å². The molecule has 2 N–H and O–H groups in total. The van der Waals surface area contributed by atoms with Crippen LogP contribution < -0.4 is 10.6 Å². The second-order valence-electron chi connectivity index (χ2n) is 6.26. The van der Waals surface area contributed by atoms with Crippen molar-refractivity contribution < 1.29 is 14.3 Å². The molecule has 1 saturated carbocycles. The number of ether oxygens (including phenoxy) is 1. The van der Waals surface area contributed by atoms with E-state index in [4.69, 9.17) is 4.74 Å². The Morgan fingerprint density at radius 2 is 1.92 bits per heavy atom. The van der Waals surface area contributed by atoms with E-state index in [2.05, 4.69) is 10.6 Å². The van der Waals surface area contributed by atoms with E-state index in [1.165, 1.54) is 0 Å². The molecule has 0 aromatic heterocycles. The third kappa shape index (κ3) is 4.98. The van der Waals surface area contributed by atoms with Crippen LogP contribution in [0, 0.1) is 5.92 Å². The number of amides is 2. The van der Waals surface area contributed by atoms with Gasteiger partial charge in [0, 0.05) is 36.3 Å². The summed E-state index contributed by atoms with van der Waals surface area (Å²) < 4.78 is 5.64. The zero-order valence-corrected chi connectivity index (χ0v) is 14.6. The van der Waals surface area contributed by atoms with Crippen molar-refractivity contribution in [1.82, 2.24) is 10.6 Å². The van der Waals surface area contributed by atoms with Crippen molar-refractivity contribution in [3.63, 3.8) is 0 Å². The fourth-order valence-corrected chi connectivity index (χ4v) is 3.80. The van der Waals surface area contributed by atoms with Crippen molar-refractivity contribution in [3.05, 3.63) is 29.8 Å². The maximum absolute atomic E-state index is 12.4. The highest BCUT2D eigenvalue weighted by Gasteiger charge is 2.29. The molecule has 1 aromatic carbocycles. The summed E-state index contributed by atoms with van der Waals surface area (Å²) in [4.78, 5) is 24.9. The van der Waals surface area contributed by atoms with E-state index in [1.807, 2.05) is 24.3 Å². The lowest BCUT2D eigenvalue weighted by atomic mass is 10.2. The van der Waals surface area contributed by atoms with Crippen LogP contribution in [0.1, 0.15) is 36.0 Å². The molecule has 1 heterocycles. The normalized spacial score (nSPS) is 19.9. The number of carbonyl (C=O) groups excluding carboxylic acids is 2. The Morgan fingerprint density at radius 3 is 2.67 bits per heavy atom. The highest BCUT2D eigenvalue weighted by molar-refractivity contribution is 7.99. The second kappa shape index (κ2) is 8.53. The fraction of sp³-hybridized carbons (Fsp3) is 0.556. The van der Waals surface area contributed by atoms with Gasteiger partial charge in [0.15, 0.2) is 0 Å². The third-order valence-corrected chi connectivity index (χ3v) is 5.44. The van der Waals surface area contributed by atoms with Crippen molar-refractivity contribution >= 4 is 23.6 Å². The summed E-state index contributed by atoms with van der Waals surface area (Å²) in [6, 6.07) is 7.64. The maximum Gasteiger partial charge on any atom is 0.252 e. The Bertz CT molecular complexity index is 583. The smallest absolute Gasteiger partial charge is 0.252 e. The van der Waals surface area contributed by atoms with Crippen LogP contribution in [0.25, 0.3) is 0 Å². The van der Waals surface area contributed by atoms with Crippen LogP contribution in [-0.4, -0.2) is 43.4 Å². The van der Waals surface area contributed by atoms with Gasteiger partial charge in [0.25, 0.3) is 5.91 Å². The van der Waals surface area contributed by atoms with Gasteiger partial charge in [-0.05, 0) is 37.8 Å². The molecule has 24 heavy (non-hydrogen) atoms. The molecule has 2 aliphatic rings. The molecule has 1 atom stereocenters. The minimum atomic E-state index is -0.0916. The summed E-state index contributed by atoms with van der Waals surface area (Å²) >= 11 is 1.67. The van der Waals surface area contributed by atoms with Crippen molar-refractivity contribution in [1.29, 1.82) is 0 Å². The molecule has 1 aliphatic heterocycles. The van der Waals surface area contributed by atoms with E-state index in [1.54, 1.807) is 11.8 Å². The summed E-state index contributed by atoms with van der Waals surface area (Å²) in [5, 5.41) is 5.74. The van der Waals surface area contributed by atoms with Crippen LogP contribution in [0.15, 0.2) is 29.2 Å². The molecule has 6 heteroatoms. The number of thioether (sulfide) groups is 1. The van der Waals surface area contributed by atoms with Gasteiger partial charge in [-0.3, -0.25) is 9.59 Å². The van der Waals surface area contributed by atoms with Gasteiger partial charge in [-0.1, -0.05) is 12.1 Å². The minimum absolute atomic E-state index is 0.0916. The number of hydrogen-bond donors (Lipinski definition) is 2. The lowest BCUT2D eigenvalue weighted by molar-refractivity contribution is -0.122. The molecule has 2 amide bonds. The van der Waals surface area contributed by atoms with E-state index < -0.39 is 0 Å². The van der Waals surface area contributed by atoms with E-state index in [-0.39, 0.29) is 17.7 Å². The summed E-state index contributed by atoms with van der Waals surface area (Å²) in [6.07, 6.45) is 4.51. The number of nitrogens with one attached hydrogen (secondary N) is 2. The average molecular weight is 348 g/mol. The van der Waals surface area contributed by atoms with Gasteiger partial charge in [0.2, 0.25) is 5.91 Å². The summed E-state index contributed by atoms with van der Waals surface area (Å²) in [5.41, 5.74) is 0.689. The predicted molar refractivity (Wildman–Crippen MR) is 94.2 cm³/mol. The van der Waals surface area contributed by atoms with Crippen molar-refractivity contribution in [2.24, 2.45) is 5.92 Å². The SMILES string of the molecule is O=C(NCCNC(=O)C1CC1)c1ccccc1SC[C@H]1CCCO1. The molecule has 1 aromatic rings. The van der Waals surface area contributed by atoms with E-state index in [0.29, 0.717) is 24.8 Å². The monoisotopic (exact) mass is 348 g/mol. The van der Waals surface area contributed by atoms with Crippen LogP contribution in [0.3, 0.4) is 0 Å². The van der Waals surface area contributed by atoms with E-state index >= 15 is 0 Å². The number of hydrogen-bond acceptors (Lipinski definition) is 4. The summed E-state index contributed by atoms with van der Waals surface area (Å²) in [7, 11) is 0. The van der Waals surface area contributed by atoms with Crippen LogP contribution >= 0.6 is 11.8 Å². The maximum atomic E-state index is 12.4. The molecular weight excluding hydrogens is 324 g/mol.